The minimum Gasteiger partial charge on any atom is -0.341 e. The van der Waals surface area contributed by atoms with Gasteiger partial charge in [-0.15, -0.1) is 12.4 Å². The van der Waals surface area contributed by atoms with Crippen LogP contribution in [-0.4, -0.2) is 21.5 Å². The summed E-state index contributed by atoms with van der Waals surface area (Å²) in [6, 6.07) is 10.3. The Morgan fingerprint density at radius 3 is 2.95 bits per heavy atom. The van der Waals surface area contributed by atoms with Gasteiger partial charge < -0.3 is 10.3 Å². The summed E-state index contributed by atoms with van der Waals surface area (Å²) < 4.78 is 0. The number of imidazole rings is 1. The molecule has 0 fully saturated rings. The molecule has 0 saturated carbocycles. The van der Waals surface area contributed by atoms with E-state index in [1.165, 1.54) is 11.4 Å². The number of aromatic nitrogens is 3. The number of rotatable bonds is 1. The maximum atomic E-state index is 4.69. The van der Waals surface area contributed by atoms with E-state index < -0.39 is 0 Å². The molecule has 5 heteroatoms. The molecule has 20 heavy (non-hydrogen) atoms. The van der Waals surface area contributed by atoms with Gasteiger partial charge in [0.1, 0.15) is 5.82 Å². The fraction of sp³-hybridized carbons (Fsp3) is 0.200. The van der Waals surface area contributed by atoms with Gasteiger partial charge in [-0.1, -0.05) is 18.2 Å². The molecule has 0 saturated heterocycles. The number of nitrogens with zero attached hydrogens (tertiary/aromatic N) is 2. The molecule has 102 valence electrons. The normalized spacial score (nSPS) is 13.8. The molecule has 0 radical (unpaired) electrons. The van der Waals surface area contributed by atoms with E-state index in [4.69, 9.17) is 4.98 Å². The number of halogens is 1. The van der Waals surface area contributed by atoms with Crippen LogP contribution in [0.15, 0.2) is 36.5 Å². The van der Waals surface area contributed by atoms with Crippen molar-refractivity contribution in [1.82, 2.24) is 20.3 Å². The van der Waals surface area contributed by atoms with Crippen LogP contribution in [0, 0.1) is 0 Å². The number of benzene rings is 1. The lowest BCUT2D eigenvalue weighted by Crippen LogP contribution is -2.23. The third kappa shape index (κ3) is 2.17. The van der Waals surface area contributed by atoms with Crippen LogP contribution < -0.4 is 5.32 Å². The van der Waals surface area contributed by atoms with Crippen molar-refractivity contribution < 1.29 is 0 Å². The molecule has 0 aliphatic carbocycles. The number of para-hydroxylation sites is 1. The Morgan fingerprint density at radius 1 is 1.15 bits per heavy atom. The summed E-state index contributed by atoms with van der Waals surface area (Å²) in [5.41, 5.74) is 4.45. The lowest BCUT2D eigenvalue weighted by atomic mass is 10.1. The molecule has 0 atom stereocenters. The Kier molecular flexibility index (Phi) is 3.42. The molecule has 2 aromatic heterocycles. The zero-order valence-electron chi connectivity index (χ0n) is 10.9. The van der Waals surface area contributed by atoms with E-state index in [1.54, 1.807) is 0 Å². The SMILES string of the molecule is Cl.c1ccc2ncc(-c3nc4c([nH]3)CNCC4)cc2c1. The van der Waals surface area contributed by atoms with Crippen LogP contribution >= 0.6 is 12.4 Å². The summed E-state index contributed by atoms with van der Waals surface area (Å²) >= 11 is 0. The molecular weight excluding hydrogens is 272 g/mol. The number of aromatic amines is 1. The standard InChI is InChI=1S/C15H14N4.ClH/c1-2-4-12-10(3-1)7-11(8-17-12)15-18-13-5-6-16-9-14(13)19-15;/h1-4,7-8,16H,5-6,9H2,(H,18,19);1H. The van der Waals surface area contributed by atoms with Crippen LogP contribution in [0.3, 0.4) is 0 Å². The van der Waals surface area contributed by atoms with Crippen molar-refractivity contribution in [3.63, 3.8) is 0 Å². The van der Waals surface area contributed by atoms with E-state index in [0.29, 0.717) is 0 Å². The molecule has 1 aromatic carbocycles. The van der Waals surface area contributed by atoms with E-state index in [1.807, 2.05) is 24.4 Å². The van der Waals surface area contributed by atoms with Crippen molar-refractivity contribution in [2.24, 2.45) is 0 Å². The zero-order chi connectivity index (χ0) is 12.7. The lowest BCUT2D eigenvalue weighted by molar-refractivity contribution is 0.627. The molecule has 0 amide bonds. The molecule has 4 nitrogen and oxygen atoms in total. The van der Waals surface area contributed by atoms with E-state index in [0.717, 1.165) is 41.8 Å². The fourth-order valence-electron chi connectivity index (χ4n) is 2.56. The van der Waals surface area contributed by atoms with E-state index >= 15 is 0 Å². The smallest absolute Gasteiger partial charge is 0.139 e. The molecule has 0 bridgehead atoms. The molecule has 4 rings (SSSR count). The van der Waals surface area contributed by atoms with Gasteiger partial charge in [0.05, 0.1) is 16.9 Å². The van der Waals surface area contributed by atoms with Crippen molar-refractivity contribution in [3.8, 4) is 11.4 Å². The molecule has 3 aromatic rings. The maximum absolute atomic E-state index is 4.69. The summed E-state index contributed by atoms with van der Waals surface area (Å²) in [5.74, 6) is 0.923. The number of fused-ring (bicyclic) bond motifs is 2. The van der Waals surface area contributed by atoms with Crippen molar-refractivity contribution in [2.75, 3.05) is 6.54 Å². The number of hydrogen-bond acceptors (Lipinski definition) is 3. The monoisotopic (exact) mass is 286 g/mol. The Bertz CT molecular complexity index is 727. The van der Waals surface area contributed by atoms with Gasteiger partial charge in [0.2, 0.25) is 0 Å². The van der Waals surface area contributed by atoms with Crippen LogP contribution in [0.2, 0.25) is 0 Å². The Morgan fingerprint density at radius 2 is 2.05 bits per heavy atom. The molecule has 1 aliphatic rings. The summed E-state index contributed by atoms with van der Waals surface area (Å²) in [4.78, 5) is 12.6. The first-order chi connectivity index (χ1) is 9.40. The molecule has 3 heterocycles. The second-order valence-corrected chi connectivity index (χ2v) is 4.85. The van der Waals surface area contributed by atoms with Crippen LogP contribution in [0.25, 0.3) is 22.3 Å². The Balaban J connectivity index is 0.00000121. The third-order valence-corrected chi connectivity index (χ3v) is 3.57. The predicted octanol–water partition coefficient (Wildman–Crippen LogP) is 2.69. The first-order valence-electron chi connectivity index (χ1n) is 6.54. The van der Waals surface area contributed by atoms with Gasteiger partial charge in [-0.2, -0.15) is 0 Å². The minimum atomic E-state index is 0. The number of nitrogens with one attached hydrogen (secondary N) is 2. The number of hydrogen-bond donors (Lipinski definition) is 2. The zero-order valence-corrected chi connectivity index (χ0v) is 11.7. The molecule has 1 aliphatic heterocycles. The second kappa shape index (κ2) is 5.23. The summed E-state index contributed by atoms with van der Waals surface area (Å²) in [6.45, 7) is 1.89. The third-order valence-electron chi connectivity index (χ3n) is 3.57. The number of pyridine rings is 1. The highest BCUT2D eigenvalue weighted by Crippen LogP contribution is 2.22. The summed E-state index contributed by atoms with van der Waals surface area (Å²) in [7, 11) is 0. The van der Waals surface area contributed by atoms with Gasteiger partial charge in [0.25, 0.3) is 0 Å². The van der Waals surface area contributed by atoms with Crippen molar-refractivity contribution in [3.05, 3.63) is 47.9 Å². The van der Waals surface area contributed by atoms with Gasteiger partial charge in [-0.05, 0) is 12.1 Å². The van der Waals surface area contributed by atoms with Gasteiger partial charge in [-0.25, -0.2) is 4.98 Å². The lowest BCUT2D eigenvalue weighted by Gasteiger charge is -2.09. The first kappa shape index (κ1) is 13.1. The maximum Gasteiger partial charge on any atom is 0.139 e. The average molecular weight is 287 g/mol. The van der Waals surface area contributed by atoms with Crippen molar-refractivity contribution >= 4 is 23.3 Å². The van der Waals surface area contributed by atoms with E-state index in [2.05, 4.69) is 27.4 Å². The van der Waals surface area contributed by atoms with E-state index in [-0.39, 0.29) is 12.4 Å². The highest BCUT2D eigenvalue weighted by molar-refractivity contribution is 5.85. The van der Waals surface area contributed by atoms with Crippen LogP contribution in [0.5, 0.6) is 0 Å². The average Bonchev–Trinajstić information content (AvgIpc) is 2.90. The Labute approximate surface area is 123 Å². The Hall–Kier alpha value is -1.91. The largest absolute Gasteiger partial charge is 0.341 e. The minimum absolute atomic E-state index is 0. The van der Waals surface area contributed by atoms with E-state index in [9.17, 15) is 0 Å². The van der Waals surface area contributed by atoms with Crippen LogP contribution in [0.4, 0.5) is 0 Å². The number of H-pyrrole nitrogens is 1. The van der Waals surface area contributed by atoms with Crippen LogP contribution in [0.1, 0.15) is 11.4 Å². The van der Waals surface area contributed by atoms with Crippen molar-refractivity contribution in [2.45, 2.75) is 13.0 Å². The predicted molar refractivity (Wildman–Crippen MR) is 82.0 cm³/mol. The van der Waals surface area contributed by atoms with Gasteiger partial charge in [0.15, 0.2) is 0 Å². The molecule has 2 N–H and O–H groups in total. The van der Waals surface area contributed by atoms with Gasteiger partial charge in [-0.3, -0.25) is 4.98 Å². The summed E-state index contributed by atoms with van der Waals surface area (Å²) in [5, 5.41) is 4.49. The topological polar surface area (TPSA) is 53.6 Å². The molecule has 0 spiro atoms. The summed E-state index contributed by atoms with van der Waals surface area (Å²) in [6.07, 6.45) is 2.88. The quantitative estimate of drug-likeness (QED) is 0.723. The highest BCUT2D eigenvalue weighted by atomic mass is 35.5. The van der Waals surface area contributed by atoms with Crippen LogP contribution in [-0.2, 0) is 13.0 Å². The molecule has 0 unspecified atom stereocenters. The molecular formula is C15H15ClN4. The first-order valence-corrected chi connectivity index (χ1v) is 6.54. The fourth-order valence-corrected chi connectivity index (χ4v) is 2.56. The van der Waals surface area contributed by atoms with Gasteiger partial charge >= 0.3 is 0 Å². The van der Waals surface area contributed by atoms with Crippen molar-refractivity contribution in [1.29, 1.82) is 0 Å². The second-order valence-electron chi connectivity index (χ2n) is 4.85. The highest BCUT2D eigenvalue weighted by Gasteiger charge is 2.14. The van der Waals surface area contributed by atoms with Gasteiger partial charge in [0, 0.05) is 36.7 Å².